The summed E-state index contributed by atoms with van der Waals surface area (Å²) in [7, 11) is 0. The topological polar surface area (TPSA) is 66.8 Å². The minimum atomic E-state index is -1.13. The van der Waals surface area contributed by atoms with Crippen LogP contribution in [0.15, 0.2) is 0 Å². The zero-order valence-corrected chi connectivity index (χ0v) is 4.78. The molecule has 1 fully saturated rings. The van der Waals surface area contributed by atoms with Crippen LogP contribution in [0, 0.1) is 0 Å². The van der Waals surface area contributed by atoms with Crippen LogP contribution < -0.4 is 0 Å². The first kappa shape index (κ1) is 6.67. The molecule has 0 aliphatic carbocycles. The van der Waals surface area contributed by atoms with Gasteiger partial charge in [0.2, 0.25) is 0 Å². The van der Waals surface area contributed by atoms with E-state index in [-0.39, 0.29) is 13.2 Å². The van der Waals surface area contributed by atoms with Crippen molar-refractivity contribution < 1.29 is 19.7 Å². The normalized spacial score (nSPS) is 36.9. The monoisotopic (exact) mass is 132 g/mol. The maximum Gasteiger partial charge on any atom is 0.194 e. The summed E-state index contributed by atoms with van der Waals surface area (Å²) in [6.45, 7) is 0.0196. The van der Waals surface area contributed by atoms with Crippen LogP contribution >= 0.6 is 0 Å². The lowest BCUT2D eigenvalue weighted by Gasteiger charge is -2.20. The van der Waals surface area contributed by atoms with E-state index in [1.807, 2.05) is 0 Å². The molecule has 1 aliphatic heterocycles. The molecular weight excluding hydrogens is 124 g/mol. The molecule has 1 heterocycles. The van der Waals surface area contributed by atoms with Crippen molar-refractivity contribution in [2.24, 2.45) is 0 Å². The Hall–Kier alpha value is -0.450. The van der Waals surface area contributed by atoms with Gasteiger partial charge in [-0.25, -0.2) is 0 Å². The van der Waals surface area contributed by atoms with Crippen molar-refractivity contribution in [2.75, 3.05) is 13.2 Å². The van der Waals surface area contributed by atoms with Gasteiger partial charge in [0.25, 0.3) is 0 Å². The second kappa shape index (κ2) is 2.43. The van der Waals surface area contributed by atoms with E-state index in [1.54, 1.807) is 0 Å². The van der Waals surface area contributed by atoms with Gasteiger partial charge in [-0.15, -0.1) is 0 Å². The molecule has 0 radical (unpaired) electrons. The number of rotatable bonds is 0. The van der Waals surface area contributed by atoms with Crippen LogP contribution in [-0.2, 0) is 9.53 Å². The molecule has 0 saturated carbocycles. The Bertz CT molecular complexity index is 110. The fourth-order valence-corrected chi connectivity index (χ4v) is 0.678. The average molecular weight is 132 g/mol. The maximum absolute atomic E-state index is 10.5. The first-order valence-electron chi connectivity index (χ1n) is 2.69. The zero-order valence-electron chi connectivity index (χ0n) is 4.78. The standard InChI is InChI=1S/C5H8O4/c6-3-1-9-2-4(7)5(3)8/h3-4,6-7H,1-2H2/t3-,4+. The predicted molar refractivity (Wildman–Crippen MR) is 27.8 cm³/mol. The van der Waals surface area contributed by atoms with Crippen molar-refractivity contribution in [3.63, 3.8) is 0 Å². The fraction of sp³-hybridized carbons (Fsp3) is 0.800. The lowest BCUT2D eigenvalue weighted by molar-refractivity contribution is -0.151. The average Bonchev–Trinajstić information content (AvgIpc) is 1.83. The van der Waals surface area contributed by atoms with Gasteiger partial charge < -0.3 is 14.9 Å². The van der Waals surface area contributed by atoms with Crippen LogP contribution in [0.2, 0.25) is 0 Å². The molecule has 0 aromatic heterocycles. The number of aliphatic hydroxyl groups is 2. The molecule has 9 heavy (non-hydrogen) atoms. The third kappa shape index (κ3) is 1.27. The van der Waals surface area contributed by atoms with E-state index in [0.717, 1.165) is 0 Å². The Balaban J connectivity index is 2.52. The Morgan fingerprint density at radius 3 is 2.11 bits per heavy atom. The predicted octanol–water partition coefficient (Wildman–Crippen LogP) is -1.69. The SMILES string of the molecule is O=C1[C@H](O)COC[C@@H]1O. The van der Waals surface area contributed by atoms with Gasteiger partial charge in [-0.2, -0.15) is 0 Å². The second-order valence-electron chi connectivity index (χ2n) is 1.97. The van der Waals surface area contributed by atoms with E-state index in [2.05, 4.69) is 4.74 Å². The van der Waals surface area contributed by atoms with Gasteiger partial charge in [0, 0.05) is 0 Å². The Morgan fingerprint density at radius 1 is 1.33 bits per heavy atom. The van der Waals surface area contributed by atoms with Crippen molar-refractivity contribution in [1.29, 1.82) is 0 Å². The Morgan fingerprint density at radius 2 is 1.78 bits per heavy atom. The van der Waals surface area contributed by atoms with Crippen molar-refractivity contribution in [3.8, 4) is 0 Å². The van der Waals surface area contributed by atoms with Crippen molar-refractivity contribution in [2.45, 2.75) is 12.2 Å². The maximum atomic E-state index is 10.5. The van der Waals surface area contributed by atoms with E-state index in [9.17, 15) is 4.79 Å². The number of hydrogen-bond donors (Lipinski definition) is 2. The molecule has 1 saturated heterocycles. The highest BCUT2D eigenvalue weighted by Crippen LogP contribution is 2.01. The quantitative estimate of drug-likeness (QED) is 0.412. The van der Waals surface area contributed by atoms with E-state index in [4.69, 9.17) is 10.2 Å². The molecule has 0 aromatic carbocycles. The Kier molecular flexibility index (Phi) is 1.80. The zero-order chi connectivity index (χ0) is 6.85. The Labute approximate surface area is 52.1 Å². The van der Waals surface area contributed by atoms with Crippen LogP contribution in [0.5, 0.6) is 0 Å². The summed E-state index contributed by atoms with van der Waals surface area (Å²) >= 11 is 0. The molecule has 0 amide bonds. The highest BCUT2D eigenvalue weighted by Gasteiger charge is 2.28. The van der Waals surface area contributed by atoms with Crippen molar-refractivity contribution in [3.05, 3.63) is 0 Å². The van der Waals surface area contributed by atoms with Gasteiger partial charge in [-0.05, 0) is 0 Å². The van der Waals surface area contributed by atoms with E-state index < -0.39 is 18.0 Å². The largest absolute Gasteiger partial charge is 0.383 e. The van der Waals surface area contributed by atoms with Gasteiger partial charge in [0.1, 0.15) is 12.2 Å². The van der Waals surface area contributed by atoms with Crippen LogP contribution in [0.4, 0.5) is 0 Å². The number of aliphatic hydroxyl groups excluding tert-OH is 2. The number of carbonyl (C=O) groups is 1. The number of carbonyl (C=O) groups excluding carboxylic acids is 1. The van der Waals surface area contributed by atoms with Gasteiger partial charge in [0.15, 0.2) is 5.78 Å². The minimum absolute atomic E-state index is 0.00981. The number of Topliss-reactive ketones (excluding diaryl/α,β-unsaturated/α-hetero) is 1. The first-order valence-corrected chi connectivity index (χ1v) is 2.69. The summed E-state index contributed by atoms with van der Waals surface area (Å²) in [5.41, 5.74) is 0. The van der Waals surface area contributed by atoms with Crippen molar-refractivity contribution >= 4 is 5.78 Å². The van der Waals surface area contributed by atoms with E-state index >= 15 is 0 Å². The highest BCUT2D eigenvalue weighted by molar-refractivity contribution is 5.87. The van der Waals surface area contributed by atoms with Gasteiger partial charge in [0.05, 0.1) is 13.2 Å². The molecule has 0 spiro atoms. The van der Waals surface area contributed by atoms with Crippen LogP contribution in [0.3, 0.4) is 0 Å². The van der Waals surface area contributed by atoms with E-state index in [0.29, 0.717) is 0 Å². The van der Waals surface area contributed by atoms with Gasteiger partial charge in [-0.3, -0.25) is 4.79 Å². The van der Waals surface area contributed by atoms with Gasteiger partial charge >= 0.3 is 0 Å². The molecule has 1 aliphatic rings. The molecule has 0 bridgehead atoms. The number of hydrogen-bond acceptors (Lipinski definition) is 4. The smallest absolute Gasteiger partial charge is 0.194 e. The second-order valence-corrected chi connectivity index (χ2v) is 1.97. The molecule has 0 aromatic rings. The summed E-state index contributed by atoms with van der Waals surface area (Å²) in [5.74, 6) is -0.541. The summed E-state index contributed by atoms with van der Waals surface area (Å²) in [6.07, 6.45) is -2.26. The summed E-state index contributed by atoms with van der Waals surface area (Å²) < 4.78 is 4.64. The summed E-state index contributed by atoms with van der Waals surface area (Å²) in [5, 5.41) is 17.4. The minimum Gasteiger partial charge on any atom is -0.383 e. The lowest BCUT2D eigenvalue weighted by Crippen LogP contribution is -2.43. The van der Waals surface area contributed by atoms with Gasteiger partial charge in [-0.1, -0.05) is 0 Å². The highest BCUT2D eigenvalue weighted by atomic mass is 16.5. The van der Waals surface area contributed by atoms with Crippen LogP contribution in [0.1, 0.15) is 0 Å². The number of ketones is 1. The summed E-state index contributed by atoms with van der Waals surface area (Å²) in [6, 6.07) is 0. The van der Waals surface area contributed by atoms with Crippen LogP contribution in [0.25, 0.3) is 0 Å². The molecule has 1 rings (SSSR count). The summed E-state index contributed by atoms with van der Waals surface area (Å²) in [4.78, 5) is 10.5. The third-order valence-electron chi connectivity index (χ3n) is 1.21. The van der Waals surface area contributed by atoms with E-state index in [1.165, 1.54) is 0 Å². The molecule has 52 valence electrons. The molecule has 4 nitrogen and oxygen atoms in total. The fourth-order valence-electron chi connectivity index (χ4n) is 0.678. The molecule has 2 N–H and O–H groups in total. The van der Waals surface area contributed by atoms with Crippen LogP contribution in [-0.4, -0.2) is 41.4 Å². The third-order valence-corrected chi connectivity index (χ3v) is 1.21. The molecule has 4 heteroatoms. The lowest BCUT2D eigenvalue weighted by atomic mass is 10.1. The van der Waals surface area contributed by atoms with Crippen molar-refractivity contribution in [1.82, 2.24) is 0 Å². The molecule has 0 unspecified atom stereocenters. The first-order chi connectivity index (χ1) is 4.22. The molecule has 2 atom stereocenters. The molecular formula is C5H8O4. The number of ether oxygens (including phenoxy) is 1.